The maximum atomic E-state index is 11.8. The van der Waals surface area contributed by atoms with Crippen LogP contribution in [0.4, 0.5) is 11.5 Å². The molecule has 1 amide bonds. The molecule has 30 heavy (non-hydrogen) atoms. The first-order valence-electron chi connectivity index (χ1n) is 10.4. The Balaban J connectivity index is 1.17. The van der Waals surface area contributed by atoms with Crippen LogP contribution < -0.4 is 10.2 Å². The van der Waals surface area contributed by atoms with Gasteiger partial charge in [0, 0.05) is 44.5 Å². The van der Waals surface area contributed by atoms with E-state index in [1.165, 1.54) is 0 Å². The van der Waals surface area contributed by atoms with E-state index in [1.54, 1.807) is 6.20 Å². The lowest BCUT2D eigenvalue weighted by molar-refractivity contribution is -0.119. The lowest BCUT2D eigenvalue weighted by Crippen LogP contribution is -2.46. The zero-order valence-electron chi connectivity index (χ0n) is 16.8. The number of anilines is 2. The van der Waals surface area contributed by atoms with E-state index in [0.29, 0.717) is 28.9 Å². The number of amides is 1. The highest BCUT2D eigenvalue weighted by molar-refractivity contribution is 6.43. The molecular weight excluding hydrogens is 423 g/mol. The smallest absolute Gasteiger partial charge is 0.228 e. The van der Waals surface area contributed by atoms with Gasteiger partial charge >= 0.3 is 0 Å². The van der Waals surface area contributed by atoms with Gasteiger partial charge in [-0.1, -0.05) is 35.3 Å². The molecule has 1 saturated heterocycles. The Morgan fingerprint density at radius 2 is 1.93 bits per heavy atom. The summed E-state index contributed by atoms with van der Waals surface area (Å²) in [5.74, 6) is 0.584. The van der Waals surface area contributed by atoms with Gasteiger partial charge in [-0.05, 0) is 37.6 Å². The molecule has 0 aliphatic carbocycles. The lowest BCUT2D eigenvalue weighted by Gasteiger charge is -2.36. The van der Waals surface area contributed by atoms with Crippen molar-refractivity contribution in [3.8, 4) is 0 Å². The second-order valence-electron chi connectivity index (χ2n) is 7.66. The van der Waals surface area contributed by atoms with Gasteiger partial charge in [-0.2, -0.15) is 0 Å². The molecule has 3 heterocycles. The molecule has 1 N–H and O–H groups in total. The van der Waals surface area contributed by atoms with Gasteiger partial charge in [0.15, 0.2) is 0 Å². The molecule has 1 aromatic carbocycles. The highest BCUT2D eigenvalue weighted by Gasteiger charge is 2.26. The number of halogens is 2. The van der Waals surface area contributed by atoms with Crippen molar-refractivity contribution < 1.29 is 9.53 Å². The maximum absolute atomic E-state index is 11.8. The normalized spacial score (nSPS) is 19.5. The number of fused-ring (bicyclic) bond motifs is 1. The quantitative estimate of drug-likeness (QED) is 0.636. The molecule has 0 bridgehead atoms. The summed E-state index contributed by atoms with van der Waals surface area (Å²) in [5.41, 5.74) is 1.98. The zero-order valence-corrected chi connectivity index (χ0v) is 18.3. The number of carbonyl (C=O) groups excluding carboxylic acids is 1. The summed E-state index contributed by atoms with van der Waals surface area (Å²) in [7, 11) is 0. The third-order valence-corrected chi connectivity index (χ3v) is 6.46. The maximum Gasteiger partial charge on any atom is 0.228 e. The van der Waals surface area contributed by atoms with Crippen LogP contribution >= 0.6 is 23.2 Å². The third-order valence-electron chi connectivity index (χ3n) is 5.65. The number of nitrogens with zero attached hydrogens (tertiary/aromatic N) is 3. The monoisotopic (exact) mass is 448 g/mol. The van der Waals surface area contributed by atoms with E-state index in [1.807, 2.05) is 30.3 Å². The van der Waals surface area contributed by atoms with Crippen LogP contribution in [0.15, 0.2) is 36.5 Å². The third kappa shape index (κ3) is 5.06. The minimum atomic E-state index is -0.201. The fraction of sp³-hybridized carbons (Fsp3) is 0.455. The van der Waals surface area contributed by atoms with Crippen LogP contribution in [0, 0.1) is 0 Å². The average molecular weight is 449 g/mol. The molecule has 0 spiro atoms. The van der Waals surface area contributed by atoms with Crippen LogP contribution in [0.2, 0.25) is 10.0 Å². The molecule has 0 saturated carbocycles. The van der Waals surface area contributed by atoms with E-state index in [0.717, 1.165) is 56.8 Å². The van der Waals surface area contributed by atoms with Crippen LogP contribution in [0.3, 0.4) is 0 Å². The molecule has 160 valence electrons. The van der Waals surface area contributed by atoms with Crippen molar-refractivity contribution in [2.24, 2.45) is 0 Å². The number of rotatable bonds is 7. The van der Waals surface area contributed by atoms with Crippen LogP contribution in [-0.4, -0.2) is 55.1 Å². The van der Waals surface area contributed by atoms with Crippen molar-refractivity contribution in [3.63, 3.8) is 0 Å². The van der Waals surface area contributed by atoms with Crippen molar-refractivity contribution in [2.45, 2.75) is 25.4 Å². The summed E-state index contributed by atoms with van der Waals surface area (Å²) < 4.78 is 6.01. The number of piperazine rings is 1. The summed E-state index contributed by atoms with van der Waals surface area (Å²) in [6.07, 6.45) is 3.87. The lowest BCUT2D eigenvalue weighted by atomic mass is 10.0. The van der Waals surface area contributed by atoms with Gasteiger partial charge in [-0.15, -0.1) is 0 Å². The van der Waals surface area contributed by atoms with Crippen molar-refractivity contribution in [3.05, 3.63) is 52.1 Å². The van der Waals surface area contributed by atoms with Gasteiger partial charge in [0.1, 0.15) is 5.82 Å². The molecule has 6 nitrogen and oxygen atoms in total. The van der Waals surface area contributed by atoms with Crippen LogP contribution in [0.5, 0.6) is 0 Å². The summed E-state index contributed by atoms with van der Waals surface area (Å²) in [6.45, 7) is 5.58. The fourth-order valence-corrected chi connectivity index (χ4v) is 4.42. The molecule has 2 aliphatic rings. The summed E-state index contributed by atoms with van der Waals surface area (Å²) in [4.78, 5) is 20.8. The first-order chi connectivity index (χ1) is 14.6. The number of hydrogen-bond donors (Lipinski definition) is 1. The largest absolute Gasteiger partial charge is 0.373 e. The minimum absolute atomic E-state index is 0.0381. The van der Waals surface area contributed by atoms with Crippen molar-refractivity contribution in [1.29, 1.82) is 0 Å². The standard InChI is InChI=1S/C22H26Cl2N4O2/c23-17-6-3-7-18(21(17)24)28-12-10-27(11-13-28)9-1-2-14-30-19-15-20(29)26-22-16(19)5-4-8-25-22/h3-8,19H,1-2,9-15H2,(H,25,26,29). The van der Waals surface area contributed by atoms with Crippen molar-refractivity contribution in [2.75, 3.05) is 49.5 Å². The Kier molecular flexibility index (Phi) is 7.10. The number of aromatic nitrogens is 1. The molecular formula is C22H26Cl2N4O2. The van der Waals surface area contributed by atoms with E-state index in [2.05, 4.69) is 20.1 Å². The van der Waals surface area contributed by atoms with Gasteiger partial charge in [-0.25, -0.2) is 4.98 Å². The van der Waals surface area contributed by atoms with Gasteiger partial charge in [-0.3, -0.25) is 9.69 Å². The van der Waals surface area contributed by atoms with Crippen molar-refractivity contribution >= 4 is 40.6 Å². The predicted octanol–water partition coefficient (Wildman–Crippen LogP) is 4.39. The Labute approximate surface area is 187 Å². The molecule has 1 aromatic heterocycles. The molecule has 1 fully saturated rings. The Bertz CT molecular complexity index is 887. The summed E-state index contributed by atoms with van der Waals surface area (Å²) in [6, 6.07) is 9.64. The van der Waals surface area contributed by atoms with E-state index >= 15 is 0 Å². The Morgan fingerprint density at radius 1 is 1.10 bits per heavy atom. The molecule has 1 unspecified atom stereocenters. The molecule has 2 aromatic rings. The Hall–Kier alpha value is -1.86. The van der Waals surface area contributed by atoms with Crippen LogP contribution in [0.1, 0.15) is 30.9 Å². The number of pyridine rings is 1. The number of carbonyl (C=O) groups is 1. The number of hydrogen-bond acceptors (Lipinski definition) is 5. The first-order valence-corrected chi connectivity index (χ1v) is 11.1. The van der Waals surface area contributed by atoms with Gasteiger partial charge < -0.3 is 15.0 Å². The van der Waals surface area contributed by atoms with Gasteiger partial charge in [0.2, 0.25) is 5.91 Å². The van der Waals surface area contributed by atoms with Crippen LogP contribution in [0.25, 0.3) is 0 Å². The van der Waals surface area contributed by atoms with Crippen molar-refractivity contribution in [1.82, 2.24) is 9.88 Å². The number of nitrogens with one attached hydrogen (secondary N) is 1. The second-order valence-corrected chi connectivity index (χ2v) is 8.45. The molecule has 1 atom stereocenters. The Morgan fingerprint density at radius 3 is 2.77 bits per heavy atom. The number of benzene rings is 1. The SMILES string of the molecule is O=C1CC(OCCCCN2CCN(c3cccc(Cl)c3Cl)CC2)c2cccnc2N1. The minimum Gasteiger partial charge on any atom is -0.373 e. The predicted molar refractivity (Wildman–Crippen MR) is 121 cm³/mol. The zero-order chi connectivity index (χ0) is 20.9. The summed E-state index contributed by atoms with van der Waals surface area (Å²) >= 11 is 12.5. The van der Waals surface area contributed by atoms with Gasteiger partial charge in [0.05, 0.1) is 28.3 Å². The number of unbranched alkanes of at least 4 members (excludes halogenated alkanes) is 1. The van der Waals surface area contributed by atoms with E-state index in [9.17, 15) is 4.79 Å². The molecule has 8 heteroatoms. The van der Waals surface area contributed by atoms with E-state index in [4.69, 9.17) is 27.9 Å². The molecule has 2 aliphatic heterocycles. The second kappa shape index (κ2) is 9.96. The molecule has 4 rings (SSSR count). The first kappa shape index (κ1) is 21.4. The van der Waals surface area contributed by atoms with E-state index in [-0.39, 0.29) is 12.0 Å². The van der Waals surface area contributed by atoms with Crippen LogP contribution in [-0.2, 0) is 9.53 Å². The van der Waals surface area contributed by atoms with Gasteiger partial charge in [0.25, 0.3) is 0 Å². The highest BCUT2D eigenvalue weighted by atomic mass is 35.5. The summed E-state index contributed by atoms with van der Waals surface area (Å²) in [5, 5.41) is 4.04. The fourth-order valence-electron chi connectivity index (χ4n) is 4.00. The topological polar surface area (TPSA) is 57.7 Å². The van der Waals surface area contributed by atoms with E-state index < -0.39 is 0 Å². The average Bonchev–Trinajstić information content (AvgIpc) is 2.76. The molecule has 0 radical (unpaired) electrons. The number of ether oxygens (including phenoxy) is 1. The highest BCUT2D eigenvalue weighted by Crippen LogP contribution is 2.33.